The van der Waals surface area contributed by atoms with E-state index in [1.165, 1.54) is 26.0 Å². The van der Waals surface area contributed by atoms with Crippen molar-refractivity contribution in [3.05, 3.63) is 59.3 Å². The van der Waals surface area contributed by atoms with Crippen LogP contribution >= 0.6 is 0 Å². The molecule has 1 atom stereocenters. The first-order valence-corrected chi connectivity index (χ1v) is 9.18. The summed E-state index contributed by atoms with van der Waals surface area (Å²) in [5.74, 6) is -1.60. The lowest BCUT2D eigenvalue weighted by molar-refractivity contribution is -0.135. The van der Waals surface area contributed by atoms with Gasteiger partial charge in [0.1, 0.15) is 5.57 Å². The van der Waals surface area contributed by atoms with E-state index in [-0.39, 0.29) is 23.9 Å². The fraction of sp³-hybridized carbons (Fsp3) is 0.238. The molecule has 2 fully saturated rings. The third-order valence-corrected chi connectivity index (χ3v) is 5.37. The van der Waals surface area contributed by atoms with Crippen molar-refractivity contribution < 1.29 is 19.2 Å². The summed E-state index contributed by atoms with van der Waals surface area (Å²) < 4.78 is 0. The van der Waals surface area contributed by atoms with Gasteiger partial charge in [-0.25, -0.2) is 9.80 Å². The molecule has 2 aliphatic heterocycles. The van der Waals surface area contributed by atoms with Crippen LogP contribution in [-0.2, 0) is 14.4 Å². The van der Waals surface area contributed by atoms with Crippen molar-refractivity contribution in [2.75, 3.05) is 14.1 Å². The number of barbiturate groups is 1. The van der Waals surface area contributed by atoms with E-state index in [0.29, 0.717) is 5.70 Å². The second kappa shape index (κ2) is 6.73. The lowest BCUT2D eigenvalue weighted by Crippen LogP contribution is -2.54. The Morgan fingerprint density at radius 1 is 0.966 bits per heavy atom. The van der Waals surface area contributed by atoms with Crippen LogP contribution in [0, 0.1) is 0 Å². The van der Waals surface area contributed by atoms with Gasteiger partial charge in [0, 0.05) is 27.4 Å². The highest BCUT2D eigenvalue weighted by Gasteiger charge is 2.43. The number of hydrogen-bond donors (Lipinski definition) is 1. The molecule has 0 aromatic heterocycles. The molecule has 1 unspecified atom stereocenters. The number of nitrogens with one attached hydrogen (secondary N) is 1. The molecule has 2 saturated heterocycles. The van der Waals surface area contributed by atoms with Crippen molar-refractivity contribution in [2.45, 2.75) is 19.4 Å². The number of rotatable bonds is 1. The Labute approximate surface area is 167 Å². The van der Waals surface area contributed by atoms with Crippen molar-refractivity contribution >= 4 is 34.5 Å². The van der Waals surface area contributed by atoms with Gasteiger partial charge in [-0.1, -0.05) is 36.4 Å². The maximum absolute atomic E-state index is 12.6. The molecule has 0 bridgehead atoms. The van der Waals surface area contributed by atoms with Gasteiger partial charge in [0.05, 0.1) is 11.7 Å². The first-order valence-electron chi connectivity index (χ1n) is 9.18. The van der Waals surface area contributed by atoms with Crippen molar-refractivity contribution in [2.24, 2.45) is 0 Å². The molecule has 0 spiro atoms. The molecule has 29 heavy (non-hydrogen) atoms. The number of urea groups is 1. The number of likely N-dealkylation sites (N-methyl/N-ethyl adjacent to an activating group) is 2. The number of imide groups is 2. The molecule has 2 heterocycles. The number of nitrogens with zero attached hydrogens (tertiary/aromatic N) is 3. The van der Waals surface area contributed by atoms with Crippen molar-refractivity contribution in [1.82, 2.24) is 20.2 Å². The fourth-order valence-electron chi connectivity index (χ4n) is 3.78. The highest BCUT2D eigenvalue weighted by atomic mass is 16.2. The Morgan fingerprint density at radius 2 is 1.59 bits per heavy atom. The Kier molecular flexibility index (Phi) is 4.34. The summed E-state index contributed by atoms with van der Waals surface area (Å²) in [5, 5.41) is 3.53. The van der Waals surface area contributed by atoms with Crippen LogP contribution in [0.4, 0.5) is 4.79 Å². The Balaban J connectivity index is 1.78. The van der Waals surface area contributed by atoms with Gasteiger partial charge in [0.2, 0.25) is 5.91 Å². The first kappa shape index (κ1) is 18.7. The van der Waals surface area contributed by atoms with E-state index in [1.54, 1.807) is 0 Å². The van der Waals surface area contributed by atoms with Gasteiger partial charge in [-0.3, -0.25) is 29.6 Å². The van der Waals surface area contributed by atoms with E-state index in [1.807, 2.05) is 42.5 Å². The summed E-state index contributed by atoms with van der Waals surface area (Å²) in [5.41, 5.74) is 4.03. The van der Waals surface area contributed by atoms with Crippen LogP contribution in [0.25, 0.3) is 10.8 Å². The number of amides is 5. The first-order chi connectivity index (χ1) is 13.8. The zero-order chi connectivity index (χ0) is 20.9. The largest absolute Gasteiger partial charge is 0.333 e. The molecular weight excluding hydrogens is 372 g/mol. The van der Waals surface area contributed by atoms with Gasteiger partial charge in [-0.2, -0.15) is 0 Å². The predicted molar refractivity (Wildman–Crippen MR) is 105 cm³/mol. The van der Waals surface area contributed by atoms with Crippen molar-refractivity contribution in [1.29, 1.82) is 0 Å². The number of carbonyl (C=O) groups excluding carboxylic acids is 4. The number of hydrogen-bond acceptors (Lipinski definition) is 5. The van der Waals surface area contributed by atoms with E-state index in [4.69, 9.17) is 0 Å². The minimum absolute atomic E-state index is 0.121. The molecule has 4 rings (SSSR count). The fourth-order valence-corrected chi connectivity index (χ4v) is 3.78. The second-order valence-electron chi connectivity index (χ2n) is 7.19. The molecular formula is C21H20N4O4. The molecule has 0 saturated carbocycles. The molecule has 5 amide bonds. The summed E-state index contributed by atoms with van der Waals surface area (Å²) in [6, 6.07) is 12.7. The van der Waals surface area contributed by atoms with Crippen LogP contribution in [0.5, 0.6) is 0 Å². The predicted octanol–water partition coefficient (Wildman–Crippen LogP) is 1.94. The van der Waals surface area contributed by atoms with Gasteiger partial charge in [0.15, 0.2) is 0 Å². The third-order valence-electron chi connectivity index (χ3n) is 5.37. The maximum Gasteiger partial charge on any atom is 0.333 e. The molecule has 0 aliphatic carbocycles. The van der Waals surface area contributed by atoms with Gasteiger partial charge < -0.3 is 0 Å². The average molecular weight is 392 g/mol. The normalized spacial score (nSPS) is 20.0. The van der Waals surface area contributed by atoms with Crippen LogP contribution in [0.2, 0.25) is 0 Å². The van der Waals surface area contributed by atoms with Crippen LogP contribution in [0.3, 0.4) is 0 Å². The topological polar surface area (TPSA) is 90.0 Å². The van der Waals surface area contributed by atoms with E-state index in [9.17, 15) is 19.2 Å². The summed E-state index contributed by atoms with van der Waals surface area (Å²) in [6.45, 7) is 1.42. The van der Waals surface area contributed by atoms with Crippen molar-refractivity contribution in [3.63, 3.8) is 0 Å². The van der Waals surface area contributed by atoms with Gasteiger partial charge >= 0.3 is 6.03 Å². The zero-order valence-electron chi connectivity index (χ0n) is 16.3. The summed E-state index contributed by atoms with van der Waals surface area (Å²) in [7, 11) is 2.65. The standard InChI is InChI=1S/C21H20N4O4/c1-12(26)25-17(15-9-8-13-6-4-5-7-14(13)10-15)11-16(22-25)18-19(27)23(2)21(29)24(3)20(18)28/h4-10,17,22H,11H2,1-3H3. The molecule has 148 valence electrons. The second-order valence-corrected chi connectivity index (χ2v) is 7.19. The summed E-state index contributed by atoms with van der Waals surface area (Å²) >= 11 is 0. The number of fused-ring (bicyclic) bond motifs is 1. The molecule has 2 aromatic carbocycles. The molecule has 0 radical (unpaired) electrons. The lowest BCUT2D eigenvalue weighted by Gasteiger charge is -2.29. The zero-order valence-corrected chi connectivity index (χ0v) is 16.3. The highest BCUT2D eigenvalue weighted by molar-refractivity contribution is 6.28. The van der Waals surface area contributed by atoms with Crippen LogP contribution < -0.4 is 5.43 Å². The molecule has 1 N–H and O–H groups in total. The van der Waals surface area contributed by atoms with E-state index in [0.717, 1.165) is 26.1 Å². The van der Waals surface area contributed by atoms with Crippen LogP contribution in [0.15, 0.2) is 53.7 Å². The number of hydrazine groups is 1. The van der Waals surface area contributed by atoms with E-state index in [2.05, 4.69) is 5.43 Å². The highest BCUT2D eigenvalue weighted by Crippen LogP contribution is 2.36. The Hall–Kier alpha value is -3.68. The minimum atomic E-state index is -0.683. The molecule has 8 nitrogen and oxygen atoms in total. The Bertz CT molecular complexity index is 1080. The molecule has 2 aliphatic rings. The quantitative estimate of drug-likeness (QED) is 0.592. The monoisotopic (exact) mass is 392 g/mol. The van der Waals surface area contributed by atoms with Gasteiger partial charge in [0.25, 0.3) is 11.8 Å². The van der Waals surface area contributed by atoms with Gasteiger partial charge in [-0.15, -0.1) is 0 Å². The van der Waals surface area contributed by atoms with E-state index >= 15 is 0 Å². The number of carbonyl (C=O) groups is 4. The van der Waals surface area contributed by atoms with E-state index < -0.39 is 17.8 Å². The Morgan fingerprint density at radius 3 is 2.21 bits per heavy atom. The molecule has 2 aromatic rings. The molecule has 8 heteroatoms. The summed E-state index contributed by atoms with van der Waals surface area (Å²) in [6.07, 6.45) is 0.264. The van der Waals surface area contributed by atoms with Crippen LogP contribution in [0.1, 0.15) is 24.9 Å². The maximum atomic E-state index is 12.6. The smallest absolute Gasteiger partial charge is 0.298 e. The van der Waals surface area contributed by atoms with Crippen LogP contribution in [-0.4, -0.2) is 52.7 Å². The van der Waals surface area contributed by atoms with Gasteiger partial charge in [-0.05, 0) is 22.4 Å². The SMILES string of the molecule is CC(=O)N1NC(=C2C(=O)N(C)C(=O)N(C)C2=O)CC1c1ccc2ccccc2c1. The lowest BCUT2D eigenvalue weighted by atomic mass is 9.97. The average Bonchev–Trinajstić information content (AvgIpc) is 3.16. The third kappa shape index (κ3) is 2.93. The minimum Gasteiger partial charge on any atom is -0.298 e. The summed E-state index contributed by atoms with van der Waals surface area (Å²) in [4.78, 5) is 51.3. The number of benzene rings is 2. The van der Waals surface area contributed by atoms with Crippen molar-refractivity contribution in [3.8, 4) is 0 Å².